The molecule has 202 valence electrons. The zero-order chi connectivity index (χ0) is 27.7. The normalized spacial score (nSPS) is 12.0. The van der Waals surface area contributed by atoms with Gasteiger partial charge in [0.05, 0.1) is 10.6 Å². The lowest BCUT2D eigenvalue weighted by molar-refractivity contribution is -0.139. The number of nitrogens with one attached hydrogen (secondary N) is 1. The number of carbonyl (C=O) groups is 2. The van der Waals surface area contributed by atoms with Gasteiger partial charge in [0, 0.05) is 18.1 Å². The summed E-state index contributed by atoms with van der Waals surface area (Å²) in [5, 5.41) is 3.34. The first-order valence-electron chi connectivity index (χ1n) is 12.7. The van der Waals surface area contributed by atoms with Gasteiger partial charge in [-0.1, -0.05) is 74.0 Å². The van der Waals surface area contributed by atoms with Gasteiger partial charge in [-0.3, -0.25) is 13.9 Å². The number of benzene rings is 3. The van der Waals surface area contributed by atoms with E-state index in [1.54, 1.807) is 55.5 Å². The van der Waals surface area contributed by atoms with E-state index in [1.165, 1.54) is 17.0 Å². The Morgan fingerprint density at radius 1 is 0.947 bits per heavy atom. The van der Waals surface area contributed by atoms with E-state index in [1.807, 2.05) is 32.0 Å². The second-order valence-corrected chi connectivity index (χ2v) is 11.2. The van der Waals surface area contributed by atoms with E-state index in [2.05, 4.69) is 5.32 Å². The number of hydrogen-bond donors (Lipinski definition) is 1. The minimum atomic E-state index is -4.09. The highest BCUT2D eigenvalue weighted by molar-refractivity contribution is 7.92. The molecule has 2 amide bonds. The predicted molar refractivity (Wildman–Crippen MR) is 152 cm³/mol. The van der Waals surface area contributed by atoms with Crippen LogP contribution in [0.2, 0.25) is 5.02 Å². The highest BCUT2D eigenvalue weighted by atomic mass is 35.5. The Labute approximate surface area is 230 Å². The van der Waals surface area contributed by atoms with Crippen LogP contribution in [0.5, 0.6) is 0 Å². The van der Waals surface area contributed by atoms with Gasteiger partial charge in [-0.2, -0.15) is 0 Å². The largest absolute Gasteiger partial charge is 0.354 e. The summed E-state index contributed by atoms with van der Waals surface area (Å²) in [6, 6.07) is 21.4. The number of aryl methyl sites for hydroxylation is 1. The van der Waals surface area contributed by atoms with Crippen LogP contribution in [0.4, 0.5) is 5.69 Å². The van der Waals surface area contributed by atoms with E-state index in [4.69, 9.17) is 11.6 Å². The summed E-state index contributed by atoms with van der Waals surface area (Å²) in [4.78, 5) is 28.3. The molecule has 1 atom stereocenters. The molecule has 0 unspecified atom stereocenters. The molecule has 0 aliphatic carbocycles. The van der Waals surface area contributed by atoms with Crippen LogP contribution in [0.15, 0.2) is 83.8 Å². The summed E-state index contributed by atoms with van der Waals surface area (Å²) in [7, 11) is -4.09. The summed E-state index contributed by atoms with van der Waals surface area (Å²) in [5.74, 6) is -0.816. The van der Waals surface area contributed by atoms with E-state index >= 15 is 0 Å². The van der Waals surface area contributed by atoms with Crippen LogP contribution >= 0.6 is 11.6 Å². The first kappa shape index (κ1) is 29.2. The molecule has 0 bridgehead atoms. The quantitative estimate of drug-likeness (QED) is 0.339. The van der Waals surface area contributed by atoms with Crippen LogP contribution in [0.25, 0.3) is 0 Å². The summed E-state index contributed by atoms with van der Waals surface area (Å²) >= 11 is 6.17. The molecule has 0 radical (unpaired) electrons. The molecule has 0 heterocycles. The van der Waals surface area contributed by atoms with Crippen LogP contribution in [-0.2, 0) is 32.6 Å². The van der Waals surface area contributed by atoms with Gasteiger partial charge in [-0.25, -0.2) is 8.42 Å². The summed E-state index contributed by atoms with van der Waals surface area (Å²) in [6.07, 6.45) is 1.32. The van der Waals surface area contributed by atoms with Crippen molar-refractivity contribution in [1.29, 1.82) is 0 Å². The van der Waals surface area contributed by atoms with Gasteiger partial charge < -0.3 is 10.2 Å². The van der Waals surface area contributed by atoms with Crippen molar-refractivity contribution >= 4 is 39.1 Å². The van der Waals surface area contributed by atoms with Crippen molar-refractivity contribution < 1.29 is 18.0 Å². The first-order valence-corrected chi connectivity index (χ1v) is 14.5. The van der Waals surface area contributed by atoms with E-state index in [9.17, 15) is 18.0 Å². The first-order chi connectivity index (χ1) is 18.2. The monoisotopic (exact) mass is 555 g/mol. The van der Waals surface area contributed by atoms with Crippen LogP contribution in [0, 0.1) is 0 Å². The molecule has 0 spiro atoms. The van der Waals surface area contributed by atoms with E-state index in [0.717, 1.165) is 21.9 Å². The fraction of sp³-hybridized carbons (Fsp3) is 0.310. The second kappa shape index (κ2) is 13.4. The molecule has 38 heavy (non-hydrogen) atoms. The number of sulfonamides is 1. The van der Waals surface area contributed by atoms with Crippen molar-refractivity contribution in [2.75, 3.05) is 17.4 Å². The van der Waals surface area contributed by atoms with Gasteiger partial charge >= 0.3 is 0 Å². The number of para-hydroxylation sites is 1. The Morgan fingerprint density at radius 2 is 1.63 bits per heavy atom. The molecular formula is C29H34ClN3O4S. The minimum absolute atomic E-state index is 0.0776. The molecule has 0 saturated heterocycles. The fourth-order valence-electron chi connectivity index (χ4n) is 4.10. The van der Waals surface area contributed by atoms with Gasteiger partial charge in [0.15, 0.2) is 0 Å². The van der Waals surface area contributed by atoms with Crippen LogP contribution < -0.4 is 9.62 Å². The van der Waals surface area contributed by atoms with Gasteiger partial charge in [-0.05, 0) is 61.2 Å². The molecule has 0 fully saturated rings. The molecule has 0 aliphatic heterocycles. The maximum Gasteiger partial charge on any atom is 0.264 e. The Kier molecular flexibility index (Phi) is 10.3. The third-order valence-corrected chi connectivity index (χ3v) is 8.22. The zero-order valence-electron chi connectivity index (χ0n) is 21.9. The van der Waals surface area contributed by atoms with Gasteiger partial charge in [0.25, 0.3) is 10.0 Å². The lowest BCUT2D eigenvalue weighted by Crippen LogP contribution is -2.51. The SMILES string of the molecule is CCCNC(=O)[C@H](C)N(Cc1cccc(Cl)c1)C(=O)CN(c1ccccc1CC)S(=O)(=O)c1ccccc1. The van der Waals surface area contributed by atoms with Crippen LogP contribution in [0.1, 0.15) is 38.3 Å². The highest BCUT2D eigenvalue weighted by Gasteiger charge is 2.33. The highest BCUT2D eigenvalue weighted by Crippen LogP contribution is 2.28. The average Bonchev–Trinajstić information content (AvgIpc) is 2.93. The van der Waals surface area contributed by atoms with Gasteiger partial charge in [0.2, 0.25) is 11.8 Å². The van der Waals surface area contributed by atoms with Crippen molar-refractivity contribution in [3.8, 4) is 0 Å². The van der Waals surface area contributed by atoms with E-state index < -0.39 is 28.5 Å². The van der Waals surface area contributed by atoms with Crippen molar-refractivity contribution in [2.45, 2.75) is 51.1 Å². The third kappa shape index (κ3) is 7.14. The van der Waals surface area contributed by atoms with E-state index in [0.29, 0.717) is 23.7 Å². The summed E-state index contributed by atoms with van der Waals surface area (Å²) in [5.41, 5.74) is 1.94. The van der Waals surface area contributed by atoms with Gasteiger partial charge in [0.1, 0.15) is 12.6 Å². The zero-order valence-corrected chi connectivity index (χ0v) is 23.5. The molecule has 3 rings (SSSR count). The summed E-state index contributed by atoms with van der Waals surface area (Å²) in [6.45, 7) is 5.61. The molecular weight excluding hydrogens is 522 g/mol. The smallest absolute Gasteiger partial charge is 0.264 e. The van der Waals surface area contributed by atoms with E-state index in [-0.39, 0.29) is 17.3 Å². The van der Waals surface area contributed by atoms with Crippen molar-refractivity contribution in [1.82, 2.24) is 10.2 Å². The van der Waals surface area contributed by atoms with Crippen molar-refractivity contribution in [2.24, 2.45) is 0 Å². The third-order valence-electron chi connectivity index (χ3n) is 6.21. The molecule has 3 aromatic carbocycles. The number of rotatable bonds is 12. The standard InChI is InChI=1S/C29H34ClN3O4S/c1-4-18-31-29(35)22(3)32(20-23-12-11-14-25(30)19-23)28(34)21-33(27-17-10-9-13-24(27)5-2)38(36,37)26-15-7-6-8-16-26/h6-17,19,22H,4-5,18,20-21H2,1-3H3,(H,31,35)/t22-/m0/s1. The Balaban J connectivity index is 2.04. The Morgan fingerprint density at radius 3 is 2.29 bits per heavy atom. The molecule has 0 aliphatic rings. The number of carbonyl (C=O) groups excluding carboxylic acids is 2. The van der Waals surface area contributed by atoms with Crippen LogP contribution in [0.3, 0.4) is 0 Å². The fourth-order valence-corrected chi connectivity index (χ4v) is 5.78. The number of halogens is 1. The lowest BCUT2D eigenvalue weighted by atomic mass is 10.1. The molecule has 0 saturated carbocycles. The topological polar surface area (TPSA) is 86.8 Å². The molecule has 1 N–H and O–H groups in total. The molecule has 9 heteroatoms. The number of amides is 2. The number of hydrogen-bond acceptors (Lipinski definition) is 4. The Hall–Kier alpha value is -3.36. The number of anilines is 1. The van der Waals surface area contributed by atoms with Crippen molar-refractivity contribution in [3.63, 3.8) is 0 Å². The predicted octanol–water partition coefficient (Wildman–Crippen LogP) is 5.04. The lowest BCUT2D eigenvalue weighted by Gasteiger charge is -2.32. The second-order valence-electron chi connectivity index (χ2n) is 8.93. The maximum absolute atomic E-state index is 13.9. The Bertz CT molecular complexity index is 1350. The molecule has 0 aromatic heterocycles. The maximum atomic E-state index is 13.9. The summed E-state index contributed by atoms with van der Waals surface area (Å²) < 4.78 is 28.9. The van der Waals surface area contributed by atoms with Crippen LogP contribution in [-0.4, -0.2) is 44.3 Å². The average molecular weight is 556 g/mol. The molecule has 3 aromatic rings. The molecule has 7 nitrogen and oxygen atoms in total. The van der Waals surface area contributed by atoms with Crippen molar-refractivity contribution in [3.05, 3.63) is 95.0 Å². The number of nitrogens with zero attached hydrogens (tertiary/aromatic N) is 2. The van der Waals surface area contributed by atoms with Gasteiger partial charge in [-0.15, -0.1) is 0 Å². The minimum Gasteiger partial charge on any atom is -0.354 e.